The summed E-state index contributed by atoms with van der Waals surface area (Å²) in [5.74, 6) is 0.513. The number of nitrogens with zero attached hydrogens (tertiary/aromatic N) is 4. The lowest BCUT2D eigenvalue weighted by Gasteiger charge is -2.40. The van der Waals surface area contributed by atoms with Crippen LogP contribution >= 0.6 is 0 Å². The molecule has 2 aliphatic rings. The van der Waals surface area contributed by atoms with Gasteiger partial charge >= 0.3 is 6.03 Å². The maximum Gasteiger partial charge on any atom is 0.325 e. The van der Waals surface area contributed by atoms with Gasteiger partial charge in [-0.1, -0.05) is 43.0 Å². The van der Waals surface area contributed by atoms with Crippen LogP contribution in [0.3, 0.4) is 0 Å². The fraction of sp³-hybridized carbons (Fsp3) is 0.360. The van der Waals surface area contributed by atoms with Crippen molar-refractivity contribution in [1.29, 1.82) is 5.26 Å². The summed E-state index contributed by atoms with van der Waals surface area (Å²) in [4.78, 5) is 19.4. The molecule has 4 rings (SSSR count). The number of hydrogen-bond acceptors (Lipinski definition) is 3. The van der Waals surface area contributed by atoms with Gasteiger partial charge in [-0.15, -0.1) is 0 Å². The highest BCUT2D eigenvalue weighted by molar-refractivity contribution is 5.94. The number of likely N-dealkylation sites (tertiary alicyclic amines) is 1. The summed E-state index contributed by atoms with van der Waals surface area (Å²) < 4.78 is 0. The molecule has 2 heterocycles. The number of urea groups is 1. The monoisotopic (exact) mass is 400 g/mol. The van der Waals surface area contributed by atoms with E-state index in [0.29, 0.717) is 24.6 Å². The van der Waals surface area contributed by atoms with Crippen molar-refractivity contribution in [3.63, 3.8) is 0 Å². The molecule has 0 aliphatic carbocycles. The number of piperidine rings is 1. The number of hydrogen-bond donors (Lipinski definition) is 0. The van der Waals surface area contributed by atoms with Gasteiger partial charge in [0.05, 0.1) is 18.2 Å². The summed E-state index contributed by atoms with van der Waals surface area (Å²) in [5.41, 5.74) is 3.71. The molecule has 2 fully saturated rings. The van der Waals surface area contributed by atoms with Gasteiger partial charge in [-0.05, 0) is 61.2 Å². The predicted octanol–water partition coefficient (Wildman–Crippen LogP) is 4.27. The quantitative estimate of drug-likeness (QED) is 0.705. The Hall–Kier alpha value is -3.10. The molecule has 30 heavy (non-hydrogen) atoms. The first-order chi connectivity index (χ1) is 14.6. The lowest BCUT2D eigenvalue weighted by atomic mass is 9.95. The number of nitriles is 1. The van der Waals surface area contributed by atoms with Crippen LogP contribution in [-0.2, 0) is 6.54 Å². The molecule has 2 aromatic carbocycles. The molecule has 0 bridgehead atoms. The molecule has 0 atom stereocenters. The van der Waals surface area contributed by atoms with Crippen LogP contribution in [0.15, 0.2) is 66.7 Å². The third-order valence-electron chi connectivity index (χ3n) is 6.02. The third-order valence-corrected chi connectivity index (χ3v) is 6.02. The molecule has 5 heteroatoms. The van der Waals surface area contributed by atoms with E-state index in [4.69, 9.17) is 0 Å². The minimum absolute atomic E-state index is 0.0178. The Bertz CT molecular complexity index is 941. The van der Waals surface area contributed by atoms with Crippen molar-refractivity contribution >= 4 is 11.7 Å². The molecule has 0 spiro atoms. The van der Waals surface area contributed by atoms with Gasteiger partial charge in [0.25, 0.3) is 0 Å². The zero-order valence-electron chi connectivity index (χ0n) is 17.3. The molecular weight excluding hydrogens is 372 g/mol. The van der Waals surface area contributed by atoms with E-state index in [1.54, 1.807) is 17.0 Å². The Morgan fingerprint density at radius 3 is 2.53 bits per heavy atom. The van der Waals surface area contributed by atoms with Gasteiger partial charge in [0.15, 0.2) is 0 Å². The molecule has 0 radical (unpaired) electrons. The van der Waals surface area contributed by atoms with Gasteiger partial charge < -0.3 is 4.90 Å². The van der Waals surface area contributed by atoms with Crippen molar-refractivity contribution in [3.8, 4) is 6.07 Å². The Kier molecular flexibility index (Phi) is 6.15. The molecular formula is C25H28N4O. The van der Waals surface area contributed by atoms with Crippen LogP contribution < -0.4 is 4.90 Å². The number of carbonyl (C=O) groups excluding carboxylic acids is 1. The zero-order chi connectivity index (χ0) is 20.9. The van der Waals surface area contributed by atoms with E-state index in [-0.39, 0.29) is 6.03 Å². The Morgan fingerprint density at radius 2 is 1.80 bits per heavy atom. The SMILES string of the molecule is C=C1CN(CC2CCN(Cc3ccccc3)CC2)C(=O)N(c2cccc(C#N)c2)C1. The van der Waals surface area contributed by atoms with E-state index in [0.717, 1.165) is 50.3 Å². The lowest BCUT2D eigenvalue weighted by molar-refractivity contribution is 0.144. The number of anilines is 1. The second-order valence-electron chi connectivity index (χ2n) is 8.37. The van der Waals surface area contributed by atoms with Crippen LogP contribution in [0.2, 0.25) is 0 Å². The van der Waals surface area contributed by atoms with E-state index in [2.05, 4.69) is 47.9 Å². The van der Waals surface area contributed by atoms with Crippen LogP contribution in [0.25, 0.3) is 0 Å². The summed E-state index contributed by atoms with van der Waals surface area (Å²) >= 11 is 0. The molecule has 5 nitrogen and oxygen atoms in total. The minimum atomic E-state index is 0.0178. The molecule has 0 aromatic heterocycles. The number of benzene rings is 2. The first-order valence-electron chi connectivity index (χ1n) is 10.6. The van der Waals surface area contributed by atoms with Crippen molar-refractivity contribution in [1.82, 2.24) is 9.80 Å². The van der Waals surface area contributed by atoms with E-state index >= 15 is 0 Å². The smallest absolute Gasteiger partial charge is 0.320 e. The van der Waals surface area contributed by atoms with Crippen LogP contribution in [0.5, 0.6) is 0 Å². The molecule has 0 unspecified atom stereocenters. The van der Waals surface area contributed by atoms with Gasteiger partial charge in [-0.3, -0.25) is 9.80 Å². The highest BCUT2D eigenvalue weighted by atomic mass is 16.2. The van der Waals surface area contributed by atoms with Crippen LogP contribution in [0.1, 0.15) is 24.0 Å². The van der Waals surface area contributed by atoms with Gasteiger partial charge in [0.2, 0.25) is 0 Å². The number of amides is 2. The van der Waals surface area contributed by atoms with Crippen LogP contribution in [0.4, 0.5) is 10.5 Å². The Labute approximate surface area is 178 Å². The van der Waals surface area contributed by atoms with Crippen LogP contribution in [0, 0.1) is 17.2 Å². The molecule has 0 N–H and O–H groups in total. The van der Waals surface area contributed by atoms with Gasteiger partial charge in [-0.2, -0.15) is 5.26 Å². The fourth-order valence-electron chi connectivity index (χ4n) is 4.42. The molecule has 2 aromatic rings. The normalized spacial score (nSPS) is 18.5. The summed E-state index contributed by atoms with van der Waals surface area (Å²) in [6, 6.07) is 20.0. The molecule has 2 saturated heterocycles. The standard InChI is InChI=1S/C25H28N4O/c1-20-16-28(25(30)29(17-20)24-9-5-8-23(14-24)15-26)19-22-10-12-27(13-11-22)18-21-6-3-2-4-7-21/h2-9,14,22H,1,10-13,16-19H2. The van der Waals surface area contributed by atoms with Crippen molar-refractivity contribution < 1.29 is 4.79 Å². The maximum absolute atomic E-state index is 13.2. The third kappa shape index (κ3) is 4.72. The number of carbonyl (C=O) groups is 1. The average molecular weight is 401 g/mol. The molecule has 2 aliphatic heterocycles. The fourth-order valence-corrected chi connectivity index (χ4v) is 4.42. The first-order valence-corrected chi connectivity index (χ1v) is 10.6. The van der Waals surface area contributed by atoms with Crippen molar-refractivity contribution in [2.24, 2.45) is 5.92 Å². The maximum atomic E-state index is 13.2. The molecule has 2 amide bonds. The van der Waals surface area contributed by atoms with Crippen LogP contribution in [-0.4, -0.2) is 48.6 Å². The second-order valence-corrected chi connectivity index (χ2v) is 8.37. The Morgan fingerprint density at radius 1 is 1.03 bits per heavy atom. The van der Waals surface area contributed by atoms with E-state index < -0.39 is 0 Å². The summed E-state index contributed by atoms with van der Waals surface area (Å²) in [5, 5.41) is 9.18. The van der Waals surface area contributed by atoms with E-state index in [1.807, 2.05) is 17.0 Å². The van der Waals surface area contributed by atoms with Crippen molar-refractivity contribution in [3.05, 3.63) is 77.9 Å². The molecule has 0 saturated carbocycles. The van der Waals surface area contributed by atoms with Crippen molar-refractivity contribution in [2.75, 3.05) is 37.6 Å². The zero-order valence-corrected chi connectivity index (χ0v) is 17.3. The van der Waals surface area contributed by atoms with Gasteiger partial charge in [0, 0.05) is 25.3 Å². The highest BCUT2D eigenvalue weighted by Crippen LogP contribution is 2.26. The first kappa shape index (κ1) is 20.2. The largest absolute Gasteiger partial charge is 0.325 e. The van der Waals surface area contributed by atoms with E-state index in [9.17, 15) is 10.1 Å². The predicted molar refractivity (Wildman–Crippen MR) is 119 cm³/mol. The number of rotatable bonds is 5. The summed E-state index contributed by atoms with van der Waals surface area (Å²) in [6.07, 6.45) is 2.21. The van der Waals surface area contributed by atoms with E-state index in [1.165, 1.54) is 5.56 Å². The van der Waals surface area contributed by atoms with Gasteiger partial charge in [0.1, 0.15) is 0 Å². The molecule has 154 valence electrons. The Balaban J connectivity index is 1.35. The topological polar surface area (TPSA) is 50.6 Å². The highest BCUT2D eigenvalue weighted by Gasteiger charge is 2.31. The van der Waals surface area contributed by atoms with Crippen molar-refractivity contribution in [2.45, 2.75) is 19.4 Å². The van der Waals surface area contributed by atoms with Gasteiger partial charge in [-0.25, -0.2) is 4.79 Å². The lowest BCUT2D eigenvalue weighted by Crippen LogP contribution is -2.52. The second kappa shape index (κ2) is 9.15. The average Bonchev–Trinajstić information content (AvgIpc) is 2.78. The summed E-state index contributed by atoms with van der Waals surface area (Å²) in [7, 11) is 0. The minimum Gasteiger partial charge on any atom is -0.320 e. The summed E-state index contributed by atoms with van der Waals surface area (Å²) in [6.45, 7) is 9.19.